The summed E-state index contributed by atoms with van der Waals surface area (Å²) in [6, 6.07) is 5.11. The number of aryl methyl sites for hydroxylation is 1. The van der Waals surface area contributed by atoms with E-state index in [1.807, 2.05) is 6.92 Å². The van der Waals surface area contributed by atoms with E-state index in [1.165, 1.54) is 11.8 Å². The number of H-pyrrole nitrogens is 1. The van der Waals surface area contributed by atoms with Gasteiger partial charge in [-0.2, -0.15) is 0 Å². The molecule has 2 aromatic rings. The van der Waals surface area contributed by atoms with Crippen LogP contribution in [0.25, 0.3) is 0 Å². The molecule has 0 amide bonds. The van der Waals surface area contributed by atoms with Crippen LogP contribution in [0, 0.1) is 0 Å². The molecule has 1 aromatic carbocycles. The lowest BCUT2D eigenvalue weighted by atomic mass is 10.2. The van der Waals surface area contributed by atoms with E-state index in [1.54, 1.807) is 25.1 Å². The third-order valence-corrected chi connectivity index (χ3v) is 3.49. The van der Waals surface area contributed by atoms with Crippen LogP contribution in [0.1, 0.15) is 30.0 Å². The highest BCUT2D eigenvalue weighted by molar-refractivity contribution is 7.99. The molecule has 2 rings (SSSR count). The molecule has 0 fully saturated rings. The third kappa shape index (κ3) is 3.30. The Labute approximate surface area is 121 Å². The molecule has 0 atom stereocenters. The summed E-state index contributed by atoms with van der Waals surface area (Å²) >= 11 is 1.30. The van der Waals surface area contributed by atoms with E-state index >= 15 is 0 Å². The van der Waals surface area contributed by atoms with Crippen LogP contribution >= 0.6 is 11.8 Å². The van der Waals surface area contributed by atoms with Crippen molar-refractivity contribution < 1.29 is 9.53 Å². The summed E-state index contributed by atoms with van der Waals surface area (Å²) in [7, 11) is 0. The summed E-state index contributed by atoms with van der Waals surface area (Å²) in [6.07, 6.45) is 0.778. The van der Waals surface area contributed by atoms with Crippen molar-refractivity contribution in [1.82, 2.24) is 15.2 Å². The smallest absolute Gasteiger partial charge is 0.339 e. The van der Waals surface area contributed by atoms with Crippen molar-refractivity contribution in [2.24, 2.45) is 0 Å². The molecule has 0 spiro atoms. The molecule has 1 heterocycles. The van der Waals surface area contributed by atoms with Crippen molar-refractivity contribution in [1.29, 1.82) is 0 Å². The Balaban J connectivity index is 2.28. The molecular weight excluding hydrogens is 276 g/mol. The number of rotatable bonds is 5. The van der Waals surface area contributed by atoms with Gasteiger partial charge >= 0.3 is 5.97 Å². The van der Waals surface area contributed by atoms with E-state index in [-0.39, 0.29) is 0 Å². The minimum absolute atomic E-state index is 0.318. The maximum atomic E-state index is 11.9. The number of esters is 1. The number of aromatic amines is 1. The van der Waals surface area contributed by atoms with Gasteiger partial charge in [0.05, 0.1) is 12.2 Å². The van der Waals surface area contributed by atoms with E-state index in [2.05, 4.69) is 15.2 Å². The molecule has 7 heteroatoms. The largest absolute Gasteiger partial charge is 0.462 e. The van der Waals surface area contributed by atoms with Crippen molar-refractivity contribution in [2.75, 3.05) is 12.3 Å². The number of hydrogen-bond donors (Lipinski definition) is 2. The molecule has 0 saturated heterocycles. The minimum Gasteiger partial charge on any atom is -0.462 e. The molecule has 0 aliphatic rings. The Bertz CT molecular complexity index is 612. The normalized spacial score (nSPS) is 10.5. The predicted molar refractivity (Wildman–Crippen MR) is 76.7 cm³/mol. The summed E-state index contributed by atoms with van der Waals surface area (Å²) in [5.74, 6) is 0.411. The lowest BCUT2D eigenvalue weighted by Crippen LogP contribution is -2.07. The fraction of sp³-hybridized carbons (Fsp3) is 0.308. The van der Waals surface area contributed by atoms with Gasteiger partial charge in [0, 0.05) is 17.0 Å². The number of nitrogens with zero attached hydrogens (tertiary/aromatic N) is 2. The highest BCUT2D eigenvalue weighted by Gasteiger charge is 2.15. The van der Waals surface area contributed by atoms with Crippen molar-refractivity contribution in [3.63, 3.8) is 0 Å². The van der Waals surface area contributed by atoms with Gasteiger partial charge in [0.1, 0.15) is 5.82 Å². The van der Waals surface area contributed by atoms with Gasteiger partial charge in [0.15, 0.2) is 0 Å². The summed E-state index contributed by atoms with van der Waals surface area (Å²) < 4.78 is 5.03. The van der Waals surface area contributed by atoms with Gasteiger partial charge in [-0.05, 0) is 36.9 Å². The SMILES string of the molecule is CCOC(=O)c1cc(N)ccc1Sc1n[nH]c(CC)n1. The van der Waals surface area contributed by atoms with Crippen LogP contribution in [-0.4, -0.2) is 27.8 Å². The molecule has 106 valence electrons. The number of carbonyl (C=O) groups is 1. The van der Waals surface area contributed by atoms with E-state index < -0.39 is 5.97 Å². The molecule has 20 heavy (non-hydrogen) atoms. The second kappa shape index (κ2) is 6.42. The number of aromatic nitrogens is 3. The first kappa shape index (κ1) is 14.4. The average molecular weight is 292 g/mol. The summed E-state index contributed by atoms with van der Waals surface area (Å²) in [5, 5.41) is 7.50. The van der Waals surface area contributed by atoms with Crippen LogP contribution < -0.4 is 5.73 Å². The number of carbonyl (C=O) groups excluding carboxylic acids is 1. The molecule has 1 aromatic heterocycles. The van der Waals surface area contributed by atoms with Crippen LogP contribution in [0.2, 0.25) is 0 Å². The number of nitrogens with two attached hydrogens (primary N) is 1. The number of nitrogen functional groups attached to an aromatic ring is 1. The zero-order valence-corrected chi connectivity index (χ0v) is 12.2. The van der Waals surface area contributed by atoms with Gasteiger partial charge in [-0.25, -0.2) is 9.78 Å². The molecular formula is C13H16N4O2S. The van der Waals surface area contributed by atoms with Crippen LogP contribution in [0.15, 0.2) is 28.3 Å². The Hall–Kier alpha value is -2.02. The van der Waals surface area contributed by atoms with Crippen LogP contribution in [0.4, 0.5) is 5.69 Å². The Morgan fingerprint density at radius 1 is 1.45 bits per heavy atom. The predicted octanol–water partition coefficient (Wildman–Crippen LogP) is 2.28. The zero-order chi connectivity index (χ0) is 14.5. The third-order valence-electron chi connectivity index (χ3n) is 2.55. The van der Waals surface area contributed by atoms with Gasteiger partial charge in [-0.3, -0.25) is 5.10 Å². The monoisotopic (exact) mass is 292 g/mol. The maximum absolute atomic E-state index is 11.9. The number of ether oxygens (including phenoxy) is 1. The topological polar surface area (TPSA) is 93.9 Å². The number of hydrogen-bond acceptors (Lipinski definition) is 6. The Morgan fingerprint density at radius 3 is 2.90 bits per heavy atom. The fourth-order valence-corrected chi connectivity index (χ4v) is 2.42. The lowest BCUT2D eigenvalue weighted by molar-refractivity contribution is 0.0522. The zero-order valence-electron chi connectivity index (χ0n) is 11.3. The highest BCUT2D eigenvalue weighted by atomic mass is 32.2. The Morgan fingerprint density at radius 2 is 2.25 bits per heavy atom. The molecule has 0 unspecified atom stereocenters. The molecule has 0 saturated carbocycles. The van der Waals surface area contributed by atoms with Crippen molar-refractivity contribution in [2.45, 2.75) is 30.3 Å². The number of anilines is 1. The average Bonchev–Trinajstić information content (AvgIpc) is 2.89. The first-order valence-electron chi connectivity index (χ1n) is 6.29. The fourth-order valence-electron chi connectivity index (χ4n) is 1.58. The van der Waals surface area contributed by atoms with E-state index in [0.29, 0.717) is 23.0 Å². The van der Waals surface area contributed by atoms with E-state index in [0.717, 1.165) is 17.1 Å². The van der Waals surface area contributed by atoms with Gasteiger partial charge in [-0.1, -0.05) is 6.92 Å². The maximum Gasteiger partial charge on any atom is 0.339 e. The van der Waals surface area contributed by atoms with Gasteiger partial charge in [-0.15, -0.1) is 5.10 Å². The van der Waals surface area contributed by atoms with E-state index in [4.69, 9.17) is 10.5 Å². The van der Waals surface area contributed by atoms with Crippen LogP contribution in [-0.2, 0) is 11.2 Å². The Kier molecular flexibility index (Phi) is 4.62. The second-order valence-corrected chi connectivity index (χ2v) is 5.01. The van der Waals surface area contributed by atoms with Crippen LogP contribution in [0.5, 0.6) is 0 Å². The van der Waals surface area contributed by atoms with Gasteiger partial charge in [0.25, 0.3) is 0 Å². The summed E-state index contributed by atoms with van der Waals surface area (Å²) in [5.41, 5.74) is 6.67. The summed E-state index contributed by atoms with van der Waals surface area (Å²) in [4.78, 5) is 17.0. The minimum atomic E-state index is -0.395. The molecule has 0 bridgehead atoms. The molecule has 0 aliphatic carbocycles. The first-order chi connectivity index (χ1) is 9.63. The quantitative estimate of drug-likeness (QED) is 0.648. The number of benzene rings is 1. The van der Waals surface area contributed by atoms with E-state index in [9.17, 15) is 4.79 Å². The van der Waals surface area contributed by atoms with Gasteiger partial charge < -0.3 is 10.5 Å². The van der Waals surface area contributed by atoms with Crippen molar-refractivity contribution >= 4 is 23.4 Å². The molecule has 0 aliphatic heterocycles. The first-order valence-corrected chi connectivity index (χ1v) is 7.11. The molecule has 3 N–H and O–H groups in total. The molecule has 0 radical (unpaired) electrons. The standard InChI is InChI=1S/C13H16N4O2S/c1-3-11-15-13(17-16-11)20-10-6-5-8(14)7-9(10)12(18)19-4-2/h5-7H,3-4,14H2,1-2H3,(H,15,16,17). The van der Waals surface area contributed by atoms with Crippen molar-refractivity contribution in [3.8, 4) is 0 Å². The van der Waals surface area contributed by atoms with Gasteiger partial charge in [0.2, 0.25) is 5.16 Å². The second-order valence-electron chi connectivity index (χ2n) is 4.00. The summed E-state index contributed by atoms with van der Waals surface area (Å²) in [6.45, 7) is 4.07. The lowest BCUT2D eigenvalue weighted by Gasteiger charge is -2.07. The van der Waals surface area contributed by atoms with Crippen LogP contribution in [0.3, 0.4) is 0 Å². The molecule has 6 nitrogen and oxygen atoms in total. The highest BCUT2D eigenvalue weighted by Crippen LogP contribution is 2.30. The van der Waals surface area contributed by atoms with Crippen molar-refractivity contribution in [3.05, 3.63) is 29.6 Å². The number of nitrogens with one attached hydrogen (secondary N) is 1.